The fourth-order valence-corrected chi connectivity index (χ4v) is 5.86. The average molecular weight is 600 g/mol. The Morgan fingerprint density at radius 2 is 1.87 bits per heavy atom. The Morgan fingerprint density at radius 3 is 2.64 bits per heavy atom. The number of anilines is 1. The number of nitriles is 1. The second kappa shape index (κ2) is 13.5. The van der Waals surface area contributed by atoms with Gasteiger partial charge < -0.3 is 15.2 Å². The highest BCUT2D eigenvalue weighted by molar-refractivity contribution is 5.72. The Kier molecular flexibility index (Phi) is 8.89. The van der Waals surface area contributed by atoms with E-state index in [1.54, 1.807) is 17.9 Å². The lowest BCUT2D eigenvalue weighted by atomic mass is 10.0. The summed E-state index contributed by atoms with van der Waals surface area (Å²) in [5, 5.41) is 31.3. The van der Waals surface area contributed by atoms with E-state index in [1.165, 1.54) is 0 Å². The van der Waals surface area contributed by atoms with Gasteiger partial charge in [0.2, 0.25) is 0 Å². The molecule has 0 amide bonds. The first kappa shape index (κ1) is 29.7. The summed E-state index contributed by atoms with van der Waals surface area (Å²) >= 11 is 0. The minimum absolute atomic E-state index is 0.142. The molecule has 45 heavy (non-hydrogen) atoms. The third-order valence-electron chi connectivity index (χ3n) is 8.16. The number of hydrogen-bond donors (Lipinski definition) is 2. The minimum Gasteiger partial charge on any atom is -0.481 e. The number of nitrogens with one attached hydrogen (secondary N) is 1. The summed E-state index contributed by atoms with van der Waals surface area (Å²) in [7, 11) is 1.67. The third-order valence-corrected chi connectivity index (χ3v) is 8.16. The van der Waals surface area contributed by atoms with Gasteiger partial charge in [0.1, 0.15) is 11.5 Å². The van der Waals surface area contributed by atoms with Gasteiger partial charge in [0.05, 0.1) is 54.3 Å². The van der Waals surface area contributed by atoms with Crippen molar-refractivity contribution in [2.45, 2.75) is 37.8 Å². The van der Waals surface area contributed by atoms with Gasteiger partial charge in [0, 0.05) is 29.8 Å². The van der Waals surface area contributed by atoms with Gasteiger partial charge in [-0.25, -0.2) is 9.67 Å². The SMILES string of the molecule is COC[C@@H](Nc1cc(-c2cn(Cc3cccc(C4CC[C@H](C(=O)O)C4)n3)nn2)cc(-c2cccc(C#N)c2)n1)c1ccccc1. The molecule has 0 bridgehead atoms. The molecule has 0 saturated heterocycles. The van der Waals surface area contributed by atoms with Crippen LogP contribution in [0.2, 0.25) is 0 Å². The molecule has 226 valence electrons. The summed E-state index contributed by atoms with van der Waals surface area (Å²) in [5.74, 6) is -0.247. The van der Waals surface area contributed by atoms with Crippen molar-refractivity contribution >= 4 is 11.8 Å². The summed E-state index contributed by atoms with van der Waals surface area (Å²) in [4.78, 5) is 21.2. The highest BCUT2D eigenvalue weighted by atomic mass is 16.5. The lowest BCUT2D eigenvalue weighted by Crippen LogP contribution is -2.17. The van der Waals surface area contributed by atoms with Crippen LogP contribution < -0.4 is 5.32 Å². The zero-order valence-electron chi connectivity index (χ0n) is 24.9. The van der Waals surface area contributed by atoms with Gasteiger partial charge in [-0.15, -0.1) is 5.10 Å². The summed E-state index contributed by atoms with van der Waals surface area (Å²) < 4.78 is 7.27. The number of pyridine rings is 2. The van der Waals surface area contributed by atoms with E-state index < -0.39 is 5.97 Å². The molecular formula is C35H33N7O3. The molecule has 1 fully saturated rings. The maximum absolute atomic E-state index is 11.4. The van der Waals surface area contributed by atoms with E-state index in [0.29, 0.717) is 48.8 Å². The number of carboxylic acid groups (broad SMARTS) is 1. The maximum atomic E-state index is 11.4. The second-order valence-corrected chi connectivity index (χ2v) is 11.3. The summed E-state index contributed by atoms with van der Waals surface area (Å²) in [6, 6.07) is 29.3. The fourth-order valence-electron chi connectivity index (χ4n) is 5.86. The van der Waals surface area contributed by atoms with Crippen molar-refractivity contribution in [3.63, 3.8) is 0 Å². The van der Waals surface area contributed by atoms with Crippen molar-refractivity contribution in [2.75, 3.05) is 19.0 Å². The number of aliphatic carboxylic acids is 1. The van der Waals surface area contributed by atoms with Crippen LogP contribution in [-0.2, 0) is 16.1 Å². The van der Waals surface area contributed by atoms with E-state index in [4.69, 9.17) is 14.7 Å². The fraction of sp³-hybridized carbons (Fsp3) is 0.257. The van der Waals surface area contributed by atoms with Crippen LogP contribution in [0.5, 0.6) is 0 Å². The van der Waals surface area contributed by atoms with Gasteiger partial charge in [-0.3, -0.25) is 9.78 Å². The molecule has 3 aromatic heterocycles. The van der Waals surface area contributed by atoms with Gasteiger partial charge in [-0.1, -0.05) is 53.7 Å². The number of ether oxygens (including phenoxy) is 1. The molecule has 2 aromatic carbocycles. The summed E-state index contributed by atoms with van der Waals surface area (Å²) in [6.45, 7) is 0.863. The molecule has 1 saturated carbocycles. The van der Waals surface area contributed by atoms with Gasteiger partial charge in [0.15, 0.2) is 0 Å². The van der Waals surface area contributed by atoms with E-state index in [0.717, 1.165) is 34.5 Å². The van der Waals surface area contributed by atoms with Crippen LogP contribution in [0.4, 0.5) is 5.82 Å². The predicted molar refractivity (Wildman–Crippen MR) is 169 cm³/mol. The maximum Gasteiger partial charge on any atom is 0.306 e. The van der Waals surface area contributed by atoms with Gasteiger partial charge in [-0.05, 0) is 61.2 Å². The zero-order chi connectivity index (χ0) is 31.2. The molecule has 6 rings (SSSR count). The number of benzene rings is 2. The monoisotopic (exact) mass is 599 g/mol. The van der Waals surface area contributed by atoms with Crippen molar-refractivity contribution in [1.82, 2.24) is 25.0 Å². The Labute approximate surface area is 261 Å². The van der Waals surface area contributed by atoms with Crippen LogP contribution in [0.1, 0.15) is 53.7 Å². The number of carbonyl (C=O) groups is 1. The Balaban J connectivity index is 1.29. The molecule has 1 unspecified atom stereocenters. The number of nitrogens with zero attached hydrogens (tertiary/aromatic N) is 6. The Hall–Kier alpha value is -5.40. The van der Waals surface area contributed by atoms with Crippen molar-refractivity contribution < 1.29 is 14.6 Å². The molecule has 3 atom stereocenters. The average Bonchev–Trinajstić information content (AvgIpc) is 3.76. The minimum atomic E-state index is -0.728. The van der Waals surface area contributed by atoms with Gasteiger partial charge in [0.25, 0.3) is 0 Å². The van der Waals surface area contributed by atoms with Gasteiger partial charge >= 0.3 is 5.97 Å². The van der Waals surface area contributed by atoms with E-state index >= 15 is 0 Å². The number of carboxylic acids is 1. The molecule has 0 spiro atoms. The van der Waals surface area contributed by atoms with E-state index in [1.807, 2.05) is 85.1 Å². The standard InChI is InChI=1S/C35H33N7O3/c1-45-22-33(24-8-3-2-4-9-24)39-34-18-28(17-31(38-34)25-10-5-7-23(15-25)19-36)32-21-42(41-40-32)20-29-11-6-12-30(37-29)26-13-14-27(16-26)35(43)44/h2-12,15,17-18,21,26-27,33H,13-14,16,20,22H2,1H3,(H,38,39)(H,43,44)/t26?,27-,33+/m0/s1. The Morgan fingerprint density at radius 1 is 1.02 bits per heavy atom. The van der Waals surface area contributed by atoms with Gasteiger partial charge in [-0.2, -0.15) is 5.26 Å². The number of methoxy groups -OCH3 is 1. The molecule has 0 aliphatic heterocycles. The van der Waals surface area contributed by atoms with E-state index in [2.05, 4.69) is 21.7 Å². The largest absolute Gasteiger partial charge is 0.481 e. The van der Waals surface area contributed by atoms with Crippen LogP contribution >= 0.6 is 0 Å². The van der Waals surface area contributed by atoms with E-state index in [-0.39, 0.29) is 17.9 Å². The normalized spacial score (nSPS) is 16.6. The number of hydrogen-bond acceptors (Lipinski definition) is 8. The molecule has 1 aliphatic rings. The predicted octanol–water partition coefficient (Wildman–Crippen LogP) is 6.09. The van der Waals surface area contributed by atoms with Crippen LogP contribution in [0, 0.1) is 17.2 Å². The summed E-state index contributed by atoms with van der Waals surface area (Å²) in [6.07, 6.45) is 4.01. The molecule has 5 aromatic rings. The van der Waals surface area contributed by atoms with Crippen molar-refractivity contribution in [3.8, 4) is 28.6 Å². The van der Waals surface area contributed by atoms with E-state index in [9.17, 15) is 15.2 Å². The number of aromatic nitrogens is 5. The Bertz CT molecular complexity index is 1830. The first-order valence-corrected chi connectivity index (χ1v) is 14.9. The number of rotatable bonds is 11. The molecule has 3 heterocycles. The van der Waals surface area contributed by atoms with Crippen molar-refractivity contribution in [2.24, 2.45) is 5.92 Å². The first-order valence-electron chi connectivity index (χ1n) is 14.9. The second-order valence-electron chi connectivity index (χ2n) is 11.3. The van der Waals surface area contributed by atoms with Crippen LogP contribution in [-0.4, -0.2) is 49.8 Å². The lowest BCUT2D eigenvalue weighted by molar-refractivity contribution is -0.141. The topological polar surface area (TPSA) is 139 Å². The third kappa shape index (κ3) is 7.06. The summed E-state index contributed by atoms with van der Waals surface area (Å²) in [5.41, 5.74) is 6.35. The quantitative estimate of drug-likeness (QED) is 0.185. The van der Waals surface area contributed by atoms with Crippen LogP contribution in [0.3, 0.4) is 0 Å². The lowest BCUT2D eigenvalue weighted by Gasteiger charge is -2.20. The molecule has 1 aliphatic carbocycles. The smallest absolute Gasteiger partial charge is 0.306 e. The van der Waals surface area contributed by atoms with Crippen molar-refractivity contribution in [3.05, 3.63) is 114 Å². The van der Waals surface area contributed by atoms with Crippen LogP contribution in [0.15, 0.2) is 91.1 Å². The first-order chi connectivity index (χ1) is 22.0. The molecule has 0 radical (unpaired) electrons. The molecule has 10 nitrogen and oxygen atoms in total. The molecule has 10 heteroatoms. The van der Waals surface area contributed by atoms with Crippen molar-refractivity contribution in [1.29, 1.82) is 5.26 Å². The molecular weight excluding hydrogens is 566 g/mol. The zero-order valence-corrected chi connectivity index (χ0v) is 24.9. The highest BCUT2D eigenvalue weighted by Crippen LogP contribution is 2.37. The highest BCUT2D eigenvalue weighted by Gasteiger charge is 2.31. The van der Waals surface area contributed by atoms with Crippen LogP contribution in [0.25, 0.3) is 22.5 Å². The molecule has 2 N–H and O–H groups in total.